The highest BCUT2D eigenvalue weighted by Crippen LogP contribution is 2.27. The Bertz CT molecular complexity index is 661. The van der Waals surface area contributed by atoms with Crippen molar-refractivity contribution in [3.8, 4) is 0 Å². The summed E-state index contributed by atoms with van der Waals surface area (Å²) in [7, 11) is 0. The Morgan fingerprint density at radius 3 is 2.00 bits per heavy atom. The highest BCUT2D eigenvalue weighted by molar-refractivity contribution is 6.26. The van der Waals surface area contributed by atoms with Crippen LogP contribution in [0.4, 0.5) is 0 Å². The zero-order chi connectivity index (χ0) is 14.9. The van der Waals surface area contributed by atoms with E-state index >= 15 is 0 Å². The summed E-state index contributed by atoms with van der Waals surface area (Å²) in [6.07, 6.45) is -0.0228. The molecule has 102 valence electrons. The number of carbonyl (C=O) groups excluding carboxylic acids is 3. The Morgan fingerprint density at radius 1 is 0.850 bits per heavy atom. The maximum Gasteiger partial charge on any atom is 0.185 e. The Kier molecular flexibility index (Phi) is 3.79. The van der Waals surface area contributed by atoms with Crippen LogP contribution in [0.15, 0.2) is 52.6 Å². The van der Waals surface area contributed by atoms with Gasteiger partial charge in [0.05, 0.1) is 0 Å². The van der Waals surface area contributed by atoms with Gasteiger partial charge in [0.2, 0.25) is 0 Å². The van der Waals surface area contributed by atoms with E-state index in [-0.39, 0.29) is 23.8 Å². The molecule has 0 bridgehead atoms. The van der Waals surface area contributed by atoms with Crippen LogP contribution >= 0.6 is 0 Å². The van der Waals surface area contributed by atoms with Gasteiger partial charge in [-0.2, -0.15) is 0 Å². The van der Waals surface area contributed by atoms with Crippen LogP contribution in [-0.4, -0.2) is 17.3 Å². The van der Waals surface area contributed by atoms with E-state index in [9.17, 15) is 14.4 Å². The Morgan fingerprint density at radius 2 is 1.40 bits per heavy atom. The molecule has 0 aliphatic heterocycles. The van der Waals surface area contributed by atoms with Crippen LogP contribution in [0.1, 0.15) is 37.6 Å². The van der Waals surface area contributed by atoms with Crippen LogP contribution in [-0.2, 0) is 9.59 Å². The smallest absolute Gasteiger partial charge is 0.185 e. The van der Waals surface area contributed by atoms with E-state index in [1.165, 1.54) is 0 Å². The molecule has 3 nitrogen and oxygen atoms in total. The van der Waals surface area contributed by atoms with E-state index in [1.54, 1.807) is 45.0 Å². The minimum absolute atomic E-state index is 0.0228. The van der Waals surface area contributed by atoms with Crippen molar-refractivity contribution < 1.29 is 14.4 Å². The number of Topliss-reactive ketones (excluding diaryl/α,β-unsaturated/α-hetero) is 3. The van der Waals surface area contributed by atoms with Gasteiger partial charge in [0, 0.05) is 34.3 Å². The SMILES string of the molecule is CC1=C(C)C(=O)C(CC(=O)c2ccccc2)=C(C)C1=O. The van der Waals surface area contributed by atoms with E-state index in [2.05, 4.69) is 0 Å². The van der Waals surface area contributed by atoms with Gasteiger partial charge in [-0.25, -0.2) is 0 Å². The minimum atomic E-state index is -0.191. The third-order valence-corrected chi connectivity index (χ3v) is 3.74. The molecule has 0 saturated heterocycles. The molecule has 0 heterocycles. The van der Waals surface area contributed by atoms with Gasteiger partial charge in [-0.05, 0) is 20.8 Å². The molecule has 20 heavy (non-hydrogen) atoms. The Balaban J connectivity index is 2.32. The highest BCUT2D eigenvalue weighted by atomic mass is 16.1. The Labute approximate surface area is 118 Å². The molecule has 1 aromatic rings. The van der Waals surface area contributed by atoms with Gasteiger partial charge in [-0.1, -0.05) is 30.3 Å². The van der Waals surface area contributed by atoms with Crippen LogP contribution in [0.25, 0.3) is 0 Å². The average molecular weight is 268 g/mol. The lowest BCUT2D eigenvalue weighted by Crippen LogP contribution is -2.22. The molecule has 0 saturated carbocycles. The molecule has 0 radical (unpaired) electrons. The second kappa shape index (κ2) is 5.37. The second-order valence-electron chi connectivity index (χ2n) is 4.98. The topological polar surface area (TPSA) is 51.2 Å². The summed E-state index contributed by atoms with van der Waals surface area (Å²) in [6.45, 7) is 4.90. The molecule has 0 atom stereocenters. The van der Waals surface area contributed by atoms with Gasteiger partial charge in [0.15, 0.2) is 17.3 Å². The highest BCUT2D eigenvalue weighted by Gasteiger charge is 2.29. The number of ketones is 3. The van der Waals surface area contributed by atoms with Crippen molar-refractivity contribution in [1.82, 2.24) is 0 Å². The van der Waals surface area contributed by atoms with Gasteiger partial charge >= 0.3 is 0 Å². The molecule has 0 unspecified atom stereocenters. The molecule has 1 aliphatic rings. The van der Waals surface area contributed by atoms with Crippen molar-refractivity contribution in [3.63, 3.8) is 0 Å². The van der Waals surface area contributed by atoms with Crippen molar-refractivity contribution in [3.05, 3.63) is 58.2 Å². The fraction of sp³-hybridized carbons (Fsp3) is 0.235. The standard InChI is InChI=1S/C17H16O3/c1-10-11(2)17(20)14(12(3)16(10)19)9-15(18)13-7-5-4-6-8-13/h4-8H,9H2,1-3H3. The average Bonchev–Trinajstić information content (AvgIpc) is 2.48. The van der Waals surface area contributed by atoms with Crippen LogP contribution in [0.2, 0.25) is 0 Å². The molecular weight excluding hydrogens is 252 g/mol. The molecule has 1 aromatic carbocycles. The summed E-state index contributed by atoms with van der Waals surface area (Å²) in [4.78, 5) is 36.5. The van der Waals surface area contributed by atoms with Crippen LogP contribution in [0.5, 0.6) is 0 Å². The number of hydrogen-bond acceptors (Lipinski definition) is 3. The largest absolute Gasteiger partial charge is 0.294 e. The van der Waals surface area contributed by atoms with Crippen LogP contribution < -0.4 is 0 Å². The predicted octanol–water partition coefficient (Wildman–Crippen LogP) is 3.06. The summed E-state index contributed by atoms with van der Waals surface area (Å²) in [5.74, 6) is -0.477. The van der Waals surface area contributed by atoms with Crippen LogP contribution in [0, 0.1) is 0 Å². The molecule has 0 spiro atoms. The van der Waals surface area contributed by atoms with E-state index < -0.39 is 0 Å². The van der Waals surface area contributed by atoms with Gasteiger partial charge in [-0.3, -0.25) is 14.4 Å². The van der Waals surface area contributed by atoms with E-state index in [0.717, 1.165) is 0 Å². The quantitative estimate of drug-likeness (QED) is 0.625. The first-order chi connectivity index (χ1) is 9.43. The maximum atomic E-state index is 12.2. The molecule has 3 heteroatoms. The Hall–Kier alpha value is -2.29. The molecule has 0 aromatic heterocycles. The van der Waals surface area contributed by atoms with E-state index in [1.807, 2.05) is 6.07 Å². The zero-order valence-electron chi connectivity index (χ0n) is 11.8. The lowest BCUT2D eigenvalue weighted by Gasteiger charge is -2.18. The van der Waals surface area contributed by atoms with Crippen molar-refractivity contribution in [1.29, 1.82) is 0 Å². The lowest BCUT2D eigenvalue weighted by molar-refractivity contribution is -0.116. The molecule has 0 N–H and O–H groups in total. The first kappa shape index (κ1) is 14.1. The number of carbonyl (C=O) groups is 3. The molecular formula is C17H16O3. The molecule has 1 aliphatic carbocycles. The summed E-state index contributed by atoms with van der Waals surface area (Å²) < 4.78 is 0. The van der Waals surface area contributed by atoms with E-state index in [0.29, 0.717) is 27.9 Å². The van der Waals surface area contributed by atoms with Gasteiger partial charge in [0.25, 0.3) is 0 Å². The fourth-order valence-electron chi connectivity index (χ4n) is 2.26. The fourth-order valence-corrected chi connectivity index (χ4v) is 2.26. The predicted molar refractivity (Wildman–Crippen MR) is 76.5 cm³/mol. The first-order valence-corrected chi connectivity index (χ1v) is 6.48. The van der Waals surface area contributed by atoms with Crippen molar-refractivity contribution >= 4 is 17.3 Å². The summed E-state index contributed by atoms with van der Waals surface area (Å²) in [5, 5.41) is 0. The van der Waals surface area contributed by atoms with Gasteiger partial charge in [0.1, 0.15) is 0 Å². The summed E-state index contributed by atoms with van der Waals surface area (Å²) >= 11 is 0. The van der Waals surface area contributed by atoms with Crippen molar-refractivity contribution in [2.24, 2.45) is 0 Å². The zero-order valence-corrected chi connectivity index (χ0v) is 11.8. The normalized spacial score (nSPS) is 15.9. The minimum Gasteiger partial charge on any atom is -0.294 e. The number of allylic oxidation sites excluding steroid dienone is 4. The molecule has 0 amide bonds. The third-order valence-electron chi connectivity index (χ3n) is 3.74. The summed E-state index contributed by atoms with van der Waals surface area (Å²) in [6, 6.07) is 8.80. The lowest BCUT2D eigenvalue weighted by atomic mass is 9.83. The third kappa shape index (κ3) is 2.39. The first-order valence-electron chi connectivity index (χ1n) is 6.48. The van der Waals surface area contributed by atoms with Gasteiger partial charge < -0.3 is 0 Å². The van der Waals surface area contributed by atoms with Crippen molar-refractivity contribution in [2.45, 2.75) is 27.2 Å². The maximum absolute atomic E-state index is 12.2. The number of benzene rings is 1. The van der Waals surface area contributed by atoms with Crippen LogP contribution in [0.3, 0.4) is 0 Å². The number of hydrogen-bond donors (Lipinski definition) is 0. The number of rotatable bonds is 3. The van der Waals surface area contributed by atoms with E-state index in [4.69, 9.17) is 0 Å². The van der Waals surface area contributed by atoms with Crippen molar-refractivity contribution in [2.75, 3.05) is 0 Å². The summed E-state index contributed by atoms with van der Waals surface area (Å²) in [5.41, 5.74) is 2.19. The molecule has 0 fully saturated rings. The van der Waals surface area contributed by atoms with Gasteiger partial charge in [-0.15, -0.1) is 0 Å². The second-order valence-corrected chi connectivity index (χ2v) is 4.98. The molecule has 2 rings (SSSR count). The monoisotopic (exact) mass is 268 g/mol.